The van der Waals surface area contributed by atoms with Gasteiger partial charge in [-0.1, -0.05) is 12.1 Å². The molecule has 2 aromatic rings. The summed E-state index contributed by atoms with van der Waals surface area (Å²) < 4.78 is 11.6. The number of halogens is 1. The van der Waals surface area contributed by atoms with Gasteiger partial charge >= 0.3 is 0 Å². The van der Waals surface area contributed by atoms with Crippen molar-refractivity contribution in [1.82, 2.24) is 5.32 Å². The second-order valence-electron chi connectivity index (χ2n) is 4.31. The zero-order valence-corrected chi connectivity index (χ0v) is 12.7. The molecule has 1 unspecified atom stereocenters. The molecule has 2 rings (SSSR count). The number of nitrogens with one attached hydrogen (secondary N) is 1. The van der Waals surface area contributed by atoms with E-state index in [0.717, 1.165) is 16.2 Å². The molecule has 19 heavy (non-hydrogen) atoms. The van der Waals surface area contributed by atoms with Crippen molar-refractivity contribution in [3.63, 3.8) is 0 Å². The third kappa shape index (κ3) is 4.11. The Labute approximate surface area is 122 Å². The molecule has 0 bridgehead atoms. The summed E-state index contributed by atoms with van der Waals surface area (Å²) >= 11 is 3.30. The van der Waals surface area contributed by atoms with Crippen LogP contribution in [0.25, 0.3) is 0 Å². The van der Waals surface area contributed by atoms with E-state index in [1.807, 2.05) is 31.2 Å². The maximum Gasteiger partial charge on any atom is 0.169 e. The Kier molecular flexibility index (Phi) is 5.05. The van der Waals surface area contributed by atoms with Crippen molar-refractivity contribution in [2.45, 2.75) is 26.4 Å². The zero-order valence-electron chi connectivity index (χ0n) is 11.2. The van der Waals surface area contributed by atoms with Crippen LogP contribution in [0.5, 0.6) is 5.75 Å². The molecule has 0 aliphatic heterocycles. The minimum atomic E-state index is 0.263. The minimum Gasteiger partial charge on any atom is -0.494 e. The number of furan rings is 1. The van der Waals surface area contributed by atoms with Crippen LogP contribution >= 0.6 is 15.9 Å². The van der Waals surface area contributed by atoms with Crippen LogP contribution in [0.15, 0.2) is 45.5 Å². The monoisotopic (exact) mass is 323 g/mol. The number of rotatable bonds is 6. The molecule has 0 aliphatic carbocycles. The van der Waals surface area contributed by atoms with E-state index in [-0.39, 0.29) is 6.04 Å². The van der Waals surface area contributed by atoms with Crippen molar-refractivity contribution < 1.29 is 9.15 Å². The van der Waals surface area contributed by atoms with Crippen LogP contribution in [-0.2, 0) is 6.54 Å². The Morgan fingerprint density at radius 1 is 1.21 bits per heavy atom. The van der Waals surface area contributed by atoms with E-state index in [0.29, 0.717) is 13.2 Å². The fraction of sp³-hybridized carbons (Fsp3) is 0.333. The SMILES string of the molecule is CCOc1ccc(C(C)NCc2ccc(Br)o2)cc1. The number of ether oxygens (including phenoxy) is 1. The van der Waals surface area contributed by atoms with Crippen LogP contribution in [0, 0.1) is 0 Å². The highest BCUT2D eigenvalue weighted by Crippen LogP contribution is 2.19. The van der Waals surface area contributed by atoms with Gasteiger partial charge in [-0.3, -0.25) is 0 Å². The van der Waals surface area contributed by atoms with E-state index in [2.05, 4.69) is 40.3 Å². The second-order valence-corrected chi connectivity index (χ2v) is 5.09. The maximum atomic E-state index is 5.45. The Hall–Kier alpha value is -1.26. The van der Waals surface area contributed by atoms with Crippen molar-refractivity contribution in [1.29, 1.82) is 0 Å². The van der Waals surface area contributed by atoms with E-state index in [4.69, 9.17) is 9.15 Å². The lowest BCUT2D eigenvalue weighted by atomic mass is 10.1. The maximum absolute atomic E-state index is 5.45. The van der Waals surface area contributed by atoms with Gasteiger partial charge < -0.3 is 14.5 Å². The summed E-state index contributed by atoms with van der Waals surface area (Å²) in [5.41, 5.74) is 1.23. The molecule has 1 atom stereocenters. The fourth-order valence-corrected chi connectivity index (χ4v) is 2.18. The van der Waals surface area contributed by atoms with Crippen molar-refractivity contribution in [3.05, 3.63) is 52.4 Å². The van der Waals surface area contributed by atoms with Crippen molar-refractivity contribution in [2.24, 2.45) is 0 Å². The first-order valence-electron chi connectivity index (χ1n) is 6.39. The van der Waals surface area contributed by atoms with Gasteiger partial charge in [0.25, 0.3) is 0 Å². The van der Waals surface area contributed by atoms with Crippen molar-refractivity contribution >= 4 is 15.9 Å². The van der Waals surface area contributed by atoms with Crippen LogP contribution in [0.4, 0.5) is 0 Å². The van der Waals surface area contributed by atoms with Gasteiger partial charge in [0.15, 0.2) is 4.67 Å². The van der Waals surface area contributed by atoms with E-state index >= 15 is 0 Å². The summed E-state index contributed by atoms with van der Waals surface area (Å²) in [7, 11) is 0. The molecule has 1 aromatic carbocycles. The molecule has 1 N–H and O–H groups in total. The first-order chi connectivity index (χ1) is 9.19. The van der Waals surface area contributed by atoms with Gasteiger partial charge in [0.1, 0.15) is 11.5 Å². The van der Waals surface area contributed by atoms with Gasteiger partial charge in [-0.25, -0.2) is 0 Å². The molecule has 4 heteroatoms. The van der Waals surface area contributed by atoms with Gasteiger partial charge in [-0.2, -0.15) is 0 Å². The molecule has 1 heterocycles. The smallest absolute Gasteiger partial charge is 0.169 e. The molecule has 0 saturated heterocycles. The summed E-state index contributed by atoms with van der Waals surface area (Å²) in [5, 5.41) is 3.42. The molecule has 1 aromatic heterocycles. The van der Waals surface area contributed by atoms with Gasteiger partial charge in [-0.15, -0.1) is 0 Å². The molecule has 0 radical (unpaired) electrons. The van der Waals surface area contributed by atoms with E-state index in [9.17, 15) is 0 Å². The summed E-state index contributed by atoms with van der Waals surface area (Å²) in [5.74, 6) is 1.83. The summed E-state index contributed by atoms with van der Waals surface area (Å²) in [6.45, 7) is 5.52. The van der Waals surface area contributed by atoms with E-state index in [1.165, 1.54) is 5.56 Å². The Morgan fingerprint density at radius 2 is 1.95 bits per heavy atom. The highest BCUT2D eigenvalue weighted by Gasteiger charge is 2.06. The molecule has 0 aliphatic rings. The van der Waals surface area contributed by atoms with Gasteiger partial charge in [0, 0.05) is 6.04 Å². The summed E-state index contributed by atoms with van der Waals surface area (Å²) in [4.78, 5) is 0. The van der Waals surface area contributed by atoms with Gasteiger partial charge in [-0.05, 0) is 59.6 Å². The molecule has 3 nitrogen and oxygen atoms in total. The third-order valence-corrected chi connectivity index (χ3v) is 3.33. The lowest BCUT2D eigenvalue weighted by Crippen LogP contribution is -2.17. The first-order valence-corrected chi connectivity index (χ1v) is 7.18. The Morgan fingerprint density at radius 3 is 2.53 bits per heavy atom. The van der Waals surface area contributed by atoms with Crippen LogP contribution in [0.1, 0.15) is 31.2 Å². The largest absolute Gasteiger partial charge is 0.494 e. The lowest BCUT2D eigenvalue weighted by Gasteiger charge is -2.14. The molecular formula is C15H18BrNO2. The quantitative estimate of drug-likeness (QED) is 0.861. The van der Waals surface area contributed by atoms with E-state index < -0.39 is 0 Å². The molecule has 102 valence electrons. The second kappa shape index (κ2) is 6.78. The van der Waals surface area contributed by atoms with Crippen LogP contribution < -0.4 is 10.1 Å². The molecular weight excluding hydrogens is 306 g/mol. The highest BCUT2D eigenvalue weighted by molar-refractivity contribution is 9.10. The van der Waals surface area contributed by atoms with E-state index in [1.54, 1.807) is 0 Å². The first kappa shape index (κ1) is 14.2. The van der Waals surface area contributed by atoms with Crippen LogP contribution in [0.3, 0.4) is 0 Å². The average molecular weight is 324 g/mol. The van der Waals surface area contributed by atoms with Crippen LogP contribution in [-0.4, -0.2) is 6.61 Å². The standard InChI is InChI=1S/C15H18BrNO2/c1-3-18-13-6-4-12(5-7-13)11(2)17-10-14-8-9-15(16)19-14/h4-9,11,17H,3,10H2,1-2H3. The topological polar surface area (TPSA) is 34.4 Å². The third-order valence-electron chi connectivity index (χ3n) is 2.90. The average Bonchev–Trinajstić information content (AvgIpc) is 2.83. The molecule has 0 amide bonds. The number of benzene rings is 1. The van der Waals surface area contributed by atoms with Crippen LogP contribution in [0.2, 0.25) is 0 Å². The van der Waals surface area contributed by atoms with Crippen molar-refractivity contribution in [3.8, 4) is 5.75 Å². The predicted molar refractivity (Wildman–Crippen MR) is 79.3 cm³/mol. The molecule has 0 spiro atoms. The number of hydrogen-bond donors (Lipinski definition) is 1. The Bertz CT molecular complexity index is 507. The molecule has 0 saturated carbocycles. The summed E-state index contributed by atoms with van der Waals surface area (Å²) in [6.07, 6.45) is 0. The summed E-state index contributed by atoms with van der Waals surface area (Å²) in [6, 6.07) is 12.3. The van der Waals surface area contributed by atoms with Gasteiger partial charge in [0.05, 0.1) is 13.2 Å². The minimum absolute atomic E-state index is 0.263. The zero-order chi connectivity index (χ0) is 13.7. The highest BCUT2D eigenvalue weighted by atomic mass is 79.9. The normalized spacial score (nSPS) is 12.4. The predicted octanol–water partition coefficient (Wildman–Crippen LogP) is 4.29. The molecule has 0 fully saturated rings. The number of hydrogen-bond acceptors (Lipinski definition) is 3. The lowest BCUT2D eigenvalue weighted by molar-refractivity contribution is 0.340. The van der Waals surface area contributed by atoms with Crippen molar-refractivity contribution in [2.75, 3.05) is 6.61 Å². The van der Waals surface area contributed by atoms with Gasteiger partial charge in [0.2, 0.25) is 0 Å². The fourth-order valence-electron chi connectivity index (χ4n) is 1.84. The Balaban J connectivity index is 1.90.